The molecule has 2 aliphatic rings. The van der Waals surface area contributed by atoms with Crippen molar-refractivity contribution in [2.45, 2.75) is 175 Å². The monoisotopic (exact) mass is 894 g/mol. The van der Waals surface area contributed by atoms with Gasteiger partial charge in [0.25, 0.3) is 0 Å². The Hall–Kier alpha value is -3.82. The van der Waals surface area contributed by atoms with Gasteiger partial charge in [0.2, 0.25) is 0 Å². The average molecular weight is 895 g/mol. The molecule has 4 atom stereocenters. The summed E-state index contributed by atoms with van der Waals surface area (Å²) < 4.78 is 5.31. The Morgan fingerprint density at radius 3 is 1.44 bits per heavy atom. The van der Waals surface area contributed by atoms with Crippen LogP contribution in [0.25, 0.3) is 11.1 Å². The second-order valence-electron chi connectivity index (χ2n) is 18.2. The minimum Gasteiger partial charge on any atom is -0.477 e. The van der Waals surface area contributed by atoms with Crippen molar-refractivity contribution in [3.8, 4) is 0 Å². The molecule has 342 valence electrons. The van der Waals surface area contributed by atoms with E-state index in [9.17, 15) is 19.8 Å². The number of carbonyl (C=O) groups excluding carboxylic acids is 1. The third-order valence-electron chi connectivity index (χ3n) is 12.9. The molecule has 63 heavy (non-hydrogen) atoms. The van der Waals surface area contributed by atoms with Crippen LogP contribution in [0.2, 0.25) is 0 Å². The molecule has 8 heteroatoms. The number of allylic oxidation sites excluding steroid dienone is 4. The number of aliphatic hydroxyl groups excluding tert-OH is 2. The fourth-order valence-electron chi connectivity index (χ4n) is 9.42. The first-order valence-electron chi connectivity index (χ1n) is 24.0. The Morgan fingerprint density at radius 1 is 0.619 bits per heavy atom. The number of ether oxygens (including phenoxy) is 1. The maximum atomic E-state index is 12.1. The normalized spacial score (nSPS) is 17.3. The summed E-state index contributed by atoms with van der Waals surface area (Å²) in [6, 6.07) is 24.9. The predicted octanol–water partition coefficient (Wildman–Crippen LogP) is 15.4. The minimum atomic E-state index is -0.832. The van der Waals surface area contributed by atoms with Gasteiger partial charge >= 0.3 is 11.9 Å². The Balaban J connectivity index is 0.000000239. The molecule has 0 saturated carbocycles. The molecule has 0 bridgehead atoms. The van der Waals surface area contributed by atoms with Gasteiger partial charge in [0.05, 0.1) is 18.3 Å². The number of carbonyl (C=O) groups is 2. The van der Waals surface area contributed by atoms with E-state index in [-0.39, 0.29) is 24.3 Å². The number of thiophene rings is 2. The van der Waals surface area contributed by atoms with E-state index >= 15 is 0 Å². The molecule has 0 fully saturated rings. The molecule has 0 aliphatic heterocycles. The molecule has 2 heterocycles. The van der Waals surface area contributed by atoms with E-state index in [2.05, 4.69) is 82.3 Å². The summed E-state index contributed by atoms with van der Waals surface area (Å²) in [4.78, 5) is 26.7. The van der Waals surface area contributed by atoms with Gasteiger partial charge in [0.15, 0.2) is 0 Å². The summed E-state index contributed by atoms with van der Waals surface area (Å²) in [6.45, 7) is 12.7. The van der Waals surface area contributed by atoms with Crippen molar-refractivity contribution in [2.24, 2.45) is 11.8 Å². The topological polar surface area (TPSA) is 104 Å². The summed E-state index contributed by atoms with van der Waals surface area (Å²) in [5, 5.41) is 30.0. The van der Waals surface area contributed by atoms with Crippen LogP contribution in [-0.2, 0) is 17.6 Å². The van der Waals surface area contributed by atoms with E-state index in [0.717, 1.165) is 86.6 Å². The highest BCUT2D eigenvalue weighted by Gasteiger charge is 2.26. The van der Waals surface area contributed by atoms with E-state index in [4.69, 9.17) is 9.84 Å². The molecule has 2 unspecified atom stereocenters. The third-order valence-corrected chi connectivity index (χ3v) is 15.1. The van der Waals surface area contributed by atoms with E-state index in [1.807, 2.05) is 26.0 Å². The van der Waals surface area contributed by atoms with Crippen molar-refractivity contribution >= 4 is 45.8 Å². The molecule has 0 spiro atoms. The van der Waals surface area contributed by atoms with Gasteiger partial charge in [-0.25, -0.2) is 9.59 Å². The molecular weight excluding hydrogens is 821 g/mol. The lowest BCUT2D eigenvalue weighted by Gasteiger charge is -2.17. The minimum absolute atomic E-state index is 0.0859. The van der Waals surface area contributed by atoms with Crippen LogP contribution < -0.4 is 0 Å². The molecule has 2 aromatic carbocycles. The van der Waals surface area contributed by atoms with E-state index in [1.54, 1.807) is 17.4 Å². The van der Waals surface area contributed by atoms with Gasteiger partial charge in [-0.15, -0.1) is 22.7 Å². The van der Waals surface area contributed by atoms with Crippen LogP contribution in [-0.4, -0.2) is 33.4 Å². The summed E-state index contributed by atoms with van der Waals surface area (Å²) in [6.07, 6.45) is 18.9. The summed E-state index contributed by atoms with van der Waals surface area (Å²) in [5.41, 5.74) is 10.7. The van der Waals surface area contributed by atoms with Crippen LogP contribution in [0.15, 0.2) is 83.9 Å². The first-order chi connectivity index (χ1) is 30.4. The molecule has 0 saturated heterocycles. The standard InChI is InChI=1S/C29H40O3S.C26H34O3S/c1-5-6-7-11-26(30)22-14-16-24(17-15-22)28-21(4)12-13-23(28)9-8-10-25-18-19-27(33-25)29(31)32-20(2)3;1-3-4-5-9-23(27)19-12-14-21(15-13-19)25-18(2)10-11-20(25)7-6-8-22-16-17-24(30-22)26(28)29/h14-20,23,26,30H,5-13H2,1-4H3;12-17,20,23,27H,3-11H2,1-2H3,(H,28,29)/t23-,26?;20-,23?/m00/s1. The van der Waals surface area contributed by atoms with Gasteiger partial charge in [0.1, 0.15) is 9.75 Å². The Bertz CT molecular complexity index is 2080. The van der Waals surface area contributed by atoms with Gasteiger partial charge in [-0.05, 0) is 174 Å². The average Bonchev–Trinajstić information content (AvgIpc) is 4.09. The number of carboxylic acids is 1. The maximum Gasteiger partial charge on any atom is 0.348 e. The van der Waals surface area contributed by atoms with Crippen LogP contribution in [0.1, 0.15) is 208 Å². The van der Waals surface area contributed by atoms with E-state index in [0.29, 0.717) is 21.6 Å². The highest BCUT2D eigenvalue weighted by molar-refractivity contribution is 7.14. The number of aliphatic hydroxyl groups is 2. The lowest BCUT2D eigenvalue weighted by molar-refractivity contribution is 0.0383. The SMILES string of the molecule is CCCCCC(O)c1ccc(C2=C(C)CC[C@@H]2CCCc2ccc(C(=O)O)s2)cc1.CCCCCC(O)c1ccc(C2=C(C)CC[C@@H]2CCCc2ccc(C(=O)OC(C)C)s2)cc1. The van der Waals surface area contributed by atoms with Crippen molar-refractivity contribution in [3.63, 3.8) is 0 Å². The first-order valence-corrected chi connectivity index (χ1v) is 25.6. The zero-order valence-electron chi connectivity index (χ0n) is 38.9. The van der Waals surface area contributed by atoms with Crippen LogP contribution in [0.4, 0.5) is 0 Å². The Morgan fingerprint density at radius 2 is 1.05 bits per heavy atom. The van der Waals surface area contributed by atoms with Gasteiger partial charge in [-0.2, -0.15) is 0 Å². The van der Waals surface area contributed by atoms with Crippen LogP contribution in [0.5, 0.6) is 0 Å². The zero-order valence-corrected chi connectivity index (χ0v) is 40.6. The second kappa shape index (κ2) is 25.6. The van der Waals surface area contributed by atoms with Crippen molar-refractivity contribution in [2.75, 3.05) is 0 Å². The largest absolute Gasteiger partial charge is 0.477 e. The summed E-state index contributed by atoms with van der Waals surface area (Å²) in [7, 11) is 0. The lowest BCUT2D eigenvalue weighted by Crippen LogP contribution is -2.09. The maximum absolute atomic E-state index is 12.1. The molecule has 0 radical (unpaired) electrons. The predicted molar refractivity (Wildman–Crippen MR) is 264 cm³/mol. The smallest absolute Gasteiger partial charge is 0.348 e. The zero-order chi connectivity index (χ0) is 45.3. The number of benzene rings is 2. The summed E-state index contributed by atoms with van der Waals surface area (Å²) >= 11 is 2.96. The van der Waals surface area contributed by atoms with E-state index < -0.39 is 5.97 Å². The number of aromatic carboxylic acids is 1. The lowest BCUT2D eigenvalue weighted by atomic mass is 9.88. The molecule has 3 N–H and O–H groups in total. The molecule has 2 aliphatic carbocycles. The molecule has 6 nitrogen and oxygen atoms in total. The van der Waals surface area contributed by atoms with Crippen LogP contribution in [0.3, 0.4) is 0 Å². The first kappa shape index (κ1) is 50.2. The van der Waals surface area contributed by atoms with Crippen molar-refractivity contribution in [3.05, 3.63) is 126 Å². The molecule has 2 aromatic heterocycles. The molecule has 0 amide bonds. The number of hydrogen-bond donors (Lipinski definition) is 3. The van der Waals surface area contributed by atoms with E-state index in [1.165, 1.54) is 94.6 Å². The quantitative estimate of drug-likeness (QED) is 0.0506. The van der Waals surface area contributed by atoms with Crippen LogP contribution >= 0.6 is 22.7 Å². The highest BCUT2D eigenvalue weighted by Crippen LogP contribution is 2.43. The van der Waals surface area contributed by atoms with Crippen molar-refractivity contribution in [1.82, 2.24) is 0 Å². The number of aryl methyl sites for hydroxylation is 2. The number of hydrogen-bond acceptors (Lipinski definition) is 7. The van der Waals surface area contributed by atoms with Gasteiger partial charge in [-0.1, -0.05) is 112 Å². The fourth-order valence-corrected chi connectivity index (χ4v) is 11.2. The van der Waals surface area contributed by atoms with Gasteiger partial charge in [0, 0.05) is 9.75 Å². The third kappa shape index (κ3) is 15.1. The Kier molecular flexibility index (Phi) is 20.4. The molecule has 6 rings (SSSR count). The summed E-state index contributed by atoms with van der Waals surface area (Å²) in [5.74, 6) is 0.124. The fraction of sp³-hybridized carbons (Fsp3) is 0.527. The number of rotatable bonds is 23. The number of carboxylic acid groups (broad SMARTS) is 1. The van der Waals surface area contributed by atoms with Crippen molar-refractivity contribution in [1.29, 1.82) is 0 Å². The van der Waals surface area contributed by atoms with Gasteiger partial charge < -0.3 is 20.1 Å². The Labute approximate surface area is 386 Å². The second-order valence-corrected chi connectivity index (χ2v) is 20.5. The highest BCUT2D eigenvalue weighted by atomic mass is 32.1. The number of esters is 1. The van der Waals surface area contributed by atoms with Crippen LogP contribution in [0, 0.1) is 11.8 Å². The number of unbranched alkanes of at least 4 members (excludes halogenated alkanes) is 4. The van der Waals surface area contributed by atoms with Gasteiger partial charge in [-0.3, -0.25) is 0 Å². The van der Waals surface area contributed by atoms with Crippen molar-refractivity contribution < 1.29 is 29.6 Å². The molecular formula is C55H74O6S2. The molecule has 4 aromatic rings.